The van der Waals surface area contributed by atoms with E-state index in [0.717, 1.165) is 5.84 Å². The maximum atomic E-state index is 12.3. The summed E-state index contributed by atoms with van der Waals surface area (Å²) in [5.41, 5.74) is 2.46. The van der Waals surface area contributed by atoms with Crippen LogP contribution in [0.1, 0.15) is 54.9 Å². The molecule has 6 nitrogen and oxygen atoms in total. The number of hydrogen-bond donors (Lipinski definition) is 1. The Morgan fingerprint density at radius 1 is 1.12 bits per heavy atom. The van der Waals surface area contributed by atoms with E-state index in [9.17, 15) is 8.42 Å². The Labute approximate surface area is 153 Å². The summed E-state index contributed by atoms with van der Waals surface area (Å²) in [4.78, 5) is 7.26. The molecule has 2 heterocycles. The van der Waals surface area contributed by atoms with Gasteiger partial charge in [0.05, 0.1) is 6.04 Å². The average Bonchev–Trinajstić information content (AvgIpc) is 2.76. The van der Waals surface area contributed by atoms with Gasteiger partial charge in [-0.2, -0.15) is 17.4 Å². The fourth-order valence-corrected chi connectivity index (χ4v) is 4.61. The first-order valence-corrected chi connectivity index (χ1v) is 10.4. The van der Waals surface area contributed by atoms with Crippen molar-refractivity contribution in [2.75, 3.05) is 20.6 Å². The Morgan fingerprint density at radius 3 is 2.12 bits per heavy atom. The predicted octanol–water partition coefficient (Wildman–Crippen LogP) is 2.60. The first-order chi connectivity index (χ1) is 11.1. The average molecular weight is 371 g/mol. The molecule has 7 heteroatoms. The Morgan fingerprint density at radius 2 is 1.68 bits per heavy atom. The second kappa shape index (κ2) is 6.35. The highest BCUT2D eigenvalue weighted by molar-refractivity contribution is 7.87. The van der Waals surface area contributed by atoms with Crippen LogP contribution < -0.4 is 4.72 Å². The summed E-state index contributed by atoms with van der Waals surface area (Å²) >= 11 is 0. The Kier molecular flexibility index (Phi) is 5.18. The largest absolute Gasteiger partial charge is 0.332 e. The molecular weight excluding hydrogens is 336 g/mol. The molecular formula is C18H34N4O2S. The molecule has 0 aromatic carbocycles. The maximum Gasteiger partial charge on any atom is 0.279 e. The summed E-state index contributed by atoms with van der Waals surface area (Å²) in [6, 6.07) is -0.0257. The standard InChI is InChI=1S/C18H34N4O2S/c1-12-15(17(2,3)4)14-10-13(20-25(23,24)21(8)9)11-22(14)16(19-12)18(5,6)7/h12-13,20H,10-11H2,1-9H3/t12-,13-/m0/s1. The lowest BCUT2D eigenvalue weighted by atomic mass is 9.79. The van der Waals surface area contributed by atoms with Crippen molar-refractivity contribution in [3.63, 3.8) is 0 Å². The van der Waals surface area contributed by atoms with Crippen molar-refractivity contribution in [1.29, 1.82) is 0 Å². The SMILES string of the molecule is C[C@@H]1N=C(C(C)(C)C)N2C[C@@H](NS(=O)(=O)N(C)C)CC2=C1C(C)(C)C. The number of nitrogens with zero attached hydrogens (tertiary/aromatic N) is 3. The summed E-state index contributed by atoms with van der Waals surface area (Å²) < 4.78 is 28.6. The van der Waals surface area contributed by atoms with Crippen molar-refractivity contribution in [2.24, 2.45) is 15.8 Å². The van der Waals surface area contributed by atoms with E-state index in [0.29, 0.717) is 13.0 Å². The first kappa shape index (κ1) is 20.4. The van der Waals surface area contributed by atoms with Crippen molar-refractivity contribution in [1.82, 2.24) is 13.9 Å². The van der Waals surface area contributed by atoms with Gasteiger partial charge in [0.2, 0.25) is 0 Å². The molecule has 144 valence electrons. The molecule has 1 saturated heterocycles. The van der Waals surface area contributed by atoms with Gasteiger partial charge in [0, 0.05) is 44.2 Å². The molecule has 0 spiro atoms. The minimum atomic E-state index is -3.45. The Balaban J connectivity index is 2.45. The molecule has 0 saturated carbocycles. The van der Waals surface area contributed by atoms with Crippen LogP contribution in [0.4, 0.5) is 0 Å². The molecule has 0 bridgehead atoms. The minimum absolute atomic E-state index is 0.00473. The van der Waals surface area contributed by atoms with Gasteiger partial charge >= 0.3 is 0 Å². The second-order valence-electron chi connectivity index (χ2n) is 9.41. The molecule has 0 aliphatic carbocycles. The summed E-state index contributed by atoms with van der Waals surface area (Å²) in [7, 11) is -0.349. The lowest BCUT2D eigenvalue weighted by Gasteiger charge is -2.41. The number of amidine groups is 1. The van der Waals surface area contributed by atoms with E-state index in [-0.39, 0.29) is 22.9 Å². The number of hydrogen-bond acceptors (Lipinski definition) is 4. The molecule has 0 aromatic rings. The maximum absolute atomic E-state index is 12.3. The molecule has 0 radical (unpaired) electrons. The highest BCUT2D eigenvalue weighted by Gasteiger charge is 2.43. The summed E-state index contributed by atoms with van der Waals surface area (Å²) in [6.45, 7) is 15.9. The van der Waals surface area contributed by atoms with Crippen molar-refractivity contribution in [3.8, 4) is 0 Å². The topological polar surface area (TPSA) is 65.0 Å². The Bertz CT molecular complexity index is 694. The van der Waals surface area contributed by atoms with E-state index in [2.05, 4.69) is 58.1 Å². The van der Waals surface area contributed by atoms with E-state index >= 15 is 0 Å². The molecule has 2 atom stereocenters. The molecule has 1 fully saturated rings. The fourth-order valence-electron chi connectivity index (χ4n) is 3.82. The quantitative estimate of drug-likeness (QED) is 0.830. The molecule has 1 N–H and O–H groups in total. The van der Waals surface area contributed by atoms with Crippen molar-refractivity contribution in [2.45, 2.75) is 67.0 Å². The summed E-state index contributed by atoms with van der Waals surface area (Å²) in [5.74, 6) is 1.05. The van der Waals surface area contributed by atoms with Crippen LogP contribution in [0.2, 0.25) is 0 Å². The van der Waals surface area contributed by atoms with Gasteiger partial charge in [0.1, 0.15) is 5.84 Å². The van der Waals surface area contributed by atoms with Gasteiger partial charge in [-0.15, -0.1) is 0 Å². The van der Waals surface area contributed by atoms with Gasteiger partial charge in [-0.25, -0.2) is 0 Å². The third kappa shape index (κ3) is 4.09. The van der Waals surface area contributed by atoms with Gasteiger partial charge in [-0.1, -0.05) is 41.5 Å². The van der Waals surface area contributed by atoms with Crippen LogP contribution in [0.3, 0.4) is 0 Å². The summed E-state index contributed by atoms with van der Waals surface area (Å²) in [6.07, 6.45) is 0.707. The summed E-state index contributed by atoms with van der Waals surface area (Å²) in [5, 5.41) is 0. The molecule has 0 unspecified atom stereocenters. The second-order valence-corrected chi connectivity index (χ2v) is 11.3. The van der Waals surface area contributed by atoms with Crippen LogP contribution in [0.25, 0.3) is 0 Å². The highest BCUT2D eigenvalue weighted by atomic mass is 32.2. The van der Waals surface area contributed by atoms with Gasteiger partial charge in [-0.05, 0) is 17.9 Å². The number of rotatable bonds is 3. The molecule has 2 aliphatic heterocycles. The number of fused-ring (bicyclic) bond motifs is 1. The molecule has 2 aliphatic rings. The number of nitrogens with one attached hydrogen (secondary N) is 1. The first-order valence-electron chi connectivity index (χ1n) is 8.93. The van der Waals surface area contributed by atoms with Gasteiger partial charge in [-0.3, -0.25) is 4.99 Å². The minimum Gasteiger partial charge on any atom is -0.332 e. The van der Waals surface area contributed by atoms with Gasteiger partial charge in [0.25, 0.3) is 10.2 Å². The van der Waals surface area contributed by atoms with E-state index in [1.54, 1.807) is 14.1 Å². The monoisotopic (exact) mass is 370 g/mol. The molecule has 25 heavy (non-hydrogen) atoms. The smallest absolute Gasteiger partial charge is 0.279 e. The zero-order valence-electron chi connectivity index (χ0n) is 17.1. The molecule has 0 aromatic heterocycles. The zero-order chi connectivity index (χ0) is 19.4. The number of aliphatic imine (C=N–C) groups is 1. The lowest BCUT2D eigenvalue weighted by Crippen LogP contribution is -2.46. The van der Waals surface area contributed by atoms with Crippen molar-refractivity contribution in [3.05, 3.63) is 11.3 Å². The van der Waals surface area contributed by atoms with Crippen LogP contribution in [-0.4, -0.2) is 56.2 Å². The van der Waals surface area contributed by atoms with E-state index in [1.165, 1.54) is 15.6 Å². The third-order valence-electron chi connectivity index (χ3n) is 4.74. The van der Waals surface area contributed by atoms with Crippen LogP contribution in [0.15, 0.2) is 16.3 Å². The van der Waals surface area contributed by atoms with Crippen LogP contribution in [-0.2, 0) is 10.2 Å². The third-order valence-corrected chi connectivity index (χ3v) is 6.34. The predicted molar refractivity (Wildman–Crippen MR) is 104 cm³/mol. The Hall–Kier alpha value is -0.920. The zero-order valence-corrected chi connectivity index (χ0v) is 18.0. The van der Waals surface area contributed by atoms with Gasteiger partial charge in [0.15, 0.2) is 0 Å². The van der Waals surface area contributed by atoms with Crippen LogP contribution in [0, 0.1) is 10.8 Å². The van der Waals surface area contributed by atoms with Crippen LogP contribution >= 0.6 is 0 Å². The lowest BCUT2D eigenvalue weighted by molar-refractivity contribution is 0.393. The van der Waals surface area contributed by atoms with Gasteiger partial charge < -0.3 is 4.90 Å². The van der Waals surface area contributed by atoms with E-state index in [4.69, 9.17) is 4.99 Å². The van der Waals surface area contributed by atoms with Crippen molar-refractivity contribution < 1.29 is 8.42 Å². The van der Waals surface area contributed by atoms with Crippen molar-refractivity contribution >= 4 is 16.0 Å². The normalized spacial score (nSPS) is 25.5. The molecule has 0 amide bonds. The van der Waals surface area contributed by atoms with E-state index < -0.39 is 10.2 Å². The highest BCUT2D eigenvalue weighted by Crippen LogP contribution is 2.42. The molecule has 2 rings (SSSR count). The van der Waals surface area contributed by atoms with Crippen LogP contribution in [0.5, 0.6) is 0 Å². The van der Waals surface area contributed by atoms with E-state index in [1.807, 2.05) is 0 Å². The fraction of sp³-hybridized carbons (Fsp3) is 0.833.